The number of sulfonamides is 1. The highest BCUT2D eigenvalue weighted by atomic mass is 32.2. The van der Waals surface area contributed by atoms with Gasteiger partial charge in [0.25, 0.3) is 21.8 Å². The van der Waals surface area contributed by atoms with E-state index in [4.69, 9.17) is 4.74 Å². The number of rotatable bonds is 4. The van der Waals surface area contributed by atoms with Crippen LogP contribution in [0.3, 0.4) is 0 Å². The van der Waals surface area contributed by atoms with Crippen LogP contribution in [-0.2, 0) is 10.0 Å². The number of benzene rings is 2. The normalized spacial score (nSPS) is 13.7. The van der Waals surface area contributed by atoms with Crippen molar-refractivity contribution in [2.24, 2.45) is 0 Å². The van der Waals surface area contributed by atoms with Crippen LogP contribution in [-0.4, -0.2) is 39.3 Å². The maximum Gasteiger partial charge on any atom is 0.262 e. The third-order valence-corrected chi connectivity index (χ3v) is 6.48. The summed E-state index contributed by atoms with van der Waals surface area (Å²) in [6.07, 6.45) is 0. The Morgan fingerprint density at radius 3 is 2.22 bits per heavy atom. The van der Waals surface area contributed by atoms with Gasteiger partial charge in [-0.2, -0.15) is 0 Å². The first-order valence-corrected chi connectivity index (χ1v) is 9.71. The second kappa shape index (κ2) is 6.38. The number of aryl methyl sites for hydroxylation is 1. The van der Waals surface area contributed by atoms with E-state index in [0.717, 1.165) is 10.5 Å². The number of amides is 2. The van der Waals surface area contributed by atoms with Gasteiger partial charge in [-0.3, -0.25) is 19.2 Å². The summed E-state index contributed by atoms with van der Waals surface area (Å²) in [5.41, 5.74) is 2.54. The maximum absolute atomic E-state index is 13.0. The van der Waals surface area contributed by atoms with Crippen molar-refractivity contribution in [3.63, 3.8) is 0 Å². The SMILES string of the molecule is COc1cc(C)c(S(=O)(=O)Nc2ccc3c(c2)C(=O)N(C)C3=O)c(C)c1C. The molecule has 27 heavy (non-hydrogen) atoms. The highest BCUT2D eigenvalue weighted by Gasteiger charge is 2.33. The summed E-state index contributed by atoms with van der Waals surface area (Å²) in [7, 11) is -0.974. The molecule has 0 spiro atoms. The summed E-state index contributed by atoms with van der Waals surface area (Å²) in [5.74, 6) is -0.237. The first-order valence-electron chi connectivity index (χ1n) is 8.22. The fraction of sp³-hybridized carbons (Fsp3) is 0.263. The van der Waals surface area contributed by atoms with Gasteiger partial charge in [0, 0.05) is 12.7 Å². The van der Waals surface area contributed by atoms with Crippen molar-refractivity contribution in [2.45, 2.75) is 25.7 Å². The van der Waals surface area contributed by atoms with Crippen LogP contribution in [0.1, 0.15) is 37.4 Å². The van der Waals surface area contributed by atoms with E-state index in [-0.39, 0.29) is 21.7 Å². The van der Waals surface area contributed by atoms with Crippen LogP contribution in [0.4, 0.5) is 5.69 Å². The second-order valence-corrected chi connectivity index (χ2v) is 8.13. The average Bonchev–Trinajstić information content (AvgIpc) is 2.81. The molecular formula is C19H20N2O5S. The number of fused-ring (bicyclic) bond motifs is 1. The van der Waals surface area contributed by atoms with Gasteiger partial charge in [-0.05, 0) is 61.7 Å². The third-order valence-electron chi connectivity index (χ3n) is 4.81. The van der Waals surface area contributed by atoms with Gasteiger partial charge < -0.3 is 4.74 Å². The molecule has 8 heteroatoms. The lowest BCUT2D eigenvalue weighted by Gasteiger charge is -2.17. The zero-order valence-corrected chi connectivity index (χ0v) is 16.5. The zero-order valence-electron chi connectivity index (χ0n) is 15.7. The predicted octanol–water partition coefficient (Wildman–Crippen LogP) is 2.65. The minimum Gasteiger partial charge on any atom is -0.496 e. The Morgan fingerprint density at radius 1 is 0.963 bits per heavy atom. The largest absolute Gasteiger partial charge is 0.496 e. The number of hydrogen-bond acceptors (Lipinski definition) is 5. The van der Waals surface area contributed by atoms with Crippen molar-refractivity contribution in [2.75, 3.05) is 18.9 Å². The smallest absolute Gasteiger partial charge is 0.262 e. The van der Waals surface area contributed by atoms with Crippen molar-refractivity contribution >= 4 is 27.5 Å². The van der Waals surface area contributed by atoms with E-state index in [9.17, 15) is 18.0 Å². The van der Waals surface area contributed by atoms with Crippen molar-refractivity contribution in [1.29, 1.82) is 0 Å². The zero-order chi connectivity index (χ0) is 20.1. The van der Waals surface area contributed by atoms with E-state index in [1.807, 2.05) is 0 Å². The third kappa shape index (κ3) is 2.95. The molecule has 0 saturated heterocycles. The van der Waals surface area contributed by atoms with Gasteiger partial charge >= 0.3 is 0 Å². The minimum atomic E-state index is -3.90. The topological polar surface area (TPSA) is 92.8 Å². The van der Waals surface area contributed by atoms with Crippen molar-refractivity contribution < 1.29 is 22.7 Å². The molecule has 2 aromatic rings. The summed E-state index contributed by atoms with van der Waals surface area (Å²) in [4.78, 5) is 25.3. The van der Waals surface area contributed by atoms with E-state index in [2.05, 4.69) is 4.72 Å². The molecule has 1 heterocycles. The molecule has 1 aliphatic heterocycles. The predicted molar refractivity (Wildman–Crippen MR) is 101 cm³/mol. The molecule has 0 radical (unpaired) electrons. The lowest BCUT2D eigenvalue weighted by atomic mass is 10.1. The fourth-order valence-corrected chi connectivity index (χ4v) is 4.86. The Bertz CT molecular complexity index is 1090. The molecule has 1 aliphatic rings. The van der Waals surface area contributed by atoms with E-state index in [1.54, 1.807) is 26.8 Å². The van der Waals surface area contributed by atoms with Crippen LogP contribution in [0.15, 0.2) is 29.2 Å². The molecule has 0 bridgehead atoms. The Morgan fingerprint density at radius 2 is 1.59 bits per heavy atom. The number of nitrogens with zero attached hydrogens (tertiary/aromatic N) is 1. The second-order valence-electron chi connectivity index (χ2n) is 6.51. The summed E-state index contributed by atoms with van der Waals surface area (Å²) in [6, 6.07) is 5.99. The van der Waals surface area contributed by atoms with Crippen molar-refractivity contribution in [3.05, 3.63) is 52.1 Å². The van der Waals surface area contributed by atoms with E-state index in [1.165, 1.54) is 32.4 Å². The molecule has 2 amide bonds. The van der Waals surface area contributed by atoms with Crippen LogP contribution in [0.5, 0.6) is 5.75 Å². The first kappa shape index (κ1) is 18.9. The number of carbonyl (C=O) groups is 2. The standard InChI is InChI=1S/C19H20N2O5S/c1-10-8-16(26-5)11(2)12(3)17(10)27(24,25)20-13-6-7-14-15(9-13)19(23)21(4)18(14)22/h6-9,20H,1-5H3. The van der Waals surface area contributed by atoms with E-state index >= 15 is 0 Å². The highest BCUT2D eigenvalue weighted by Crippen LogP contribution is 2.32. The Kier molecular flexibility index (Phi) is 4.47. The first-order chi connectivity index (χ1) is 12.6. The molecule has 2 aromatic carbocycles. The van der Waals surface area contributed by atoms with Crippen LogP contribution >= 0.6 is 0 Å². The van der Waals surface area contributed by atoms with Crippen LogP contribution in [0.25, 0.3) is 0 Å². The Hall–Kier alpha value is -2.87. The summed E-state index contributed by atoms with van der Waals surface area (Å²) >= 11 is 0. The lowest BCUT2D eigenvalue weighted by molar-refractivity contribution is 0.0693. The van der Waals surface area contributed by atoms with Crippen LogP contribution in [0.2, 0.25) is 0 Å². The van der Waals surface area contributed by atoms with Crippen LogP contribution < -0.4 is 9.46 Å². The van der Waals surface area contributed by atoms with Gasteiger partial charge in [0.1, 0.15) is 5.75 Å². The van der Waals surface area contributed by atoms with Gasteiger partial charge in [-0.25, -0.2) is 8.42 Å². The average molecular weight is 388 g/mol. The van der Waals surface area contributed by atoms with E-state index in [0.29, 0.717) is 16.9 Å². The molecule has 0 saturated carbocycles. The molecule has 3 rings (SSSR count). The molecule has 0 atom stereocenters. The summed E-state index contributed by atoms with van der Waals surface area (Å²) in [6.45, 7) is 5.21. The lowest BCUT2D eigenvalue weighted by Crippen LogP contribution is -2.24. The van der Waals surface area contributed by atoms with Crippen molar-refractivity contribution in [3.8, 4) is 5.75 Å². The van der Waals surface area contributed by atoms with Crippen LogP contribution in [0, 0.1) is 20.8 Å². The van der Waals surface area contributed by atoms with Crippen molar-refractivity contribution in [1.82, 2.24) is 4.90 Å². The molecule has 0 unspecified atom stereocenters. The number of imide groups is 1. The number of ether oxygens (including phenoxy) is 1. The minimum absolute atomic E-state index is 0.167. The molecule has 0 fully saturated rings. The van der Waals surface area contributed by atoms with Gasteiger partial charge in [0.2, 0.25) is 0 Å². The quantitative estimate of drug-likeness (QED) is 0.813. The van der Waals surface area contributed by atoms with Gasteiger partial charge in [0.05, 0.1) is 23.1 Å². The number of hydrogen-bond donors (Lipinski definition) is 1. The van der Waals surface area contributed by atoms with Gasteiger partial charge in [-0.15, -0.1) is 0 Å². The van der Waals surface area contributed by atoms with Gasteiger partial charge in [-0.1, -0.05) is 0 Å². The number of anilines is 1. The molecule has 1 N–H and O–H groups in total. The maximum atomic E-state index is 13.0. The highest BCUT2D eigenvalue weighted by molar-refractivity contribution is 7.92. The molecule has 7 nitrogen and oxygen atoms in total. The number of carbonyl (C=O) groups excluding carboxylic acids is 2. The summed E-state index contributed by atoms with van der Waals surface area (Å²) in [5, 5.41) is 0. The Labute approximate surface area is 158 Å². The van der Waals surface area contributed by atoms with Gasteiger partial charge in [0.15, 0.2) is 0 Å². The Balaban J connectivity index is 2.04. The number of nitrogens with one attached hydrogen (secondary N) is 1. The monoisotopic (exact) mass is 388 g/mol. The molecule has 0 aromatic heterocycles. The fourth-order valence-electron chi connectivity index (χ4n) is 3.28. The summed E-state index contributed by atoms with van der Waals surface area (Å²) < 4.78 is 33.8. The molecule has 142 valence electrons. The van der Waals surface area contributed by atoms with E-state index < -0.39 is 21.8 Å². The molecular weight excluding hydrogens is 368 g/mol. The molecule has 0 aliphatic carbocycles. The number of methoxy groups -OCH3 is 1.